The second-order valence-electron chi connectivity index (χ2n) is 5.42. The molecule has 5 nitrogen and oxygen atoms in total. The molecule has 0 aliphatic heterocycles. The van der Waals surface area contributed by atoms with Crippen LogP contribution in [0.4, 0.5) is 10.1 Å². The van der Waals surface area contributed by atoms with Crippen LogP contribution in [-0.4, -0.2) is 23.5 Å². The molecule has 0 bridgehead atoms. The van der Waals surface area contributed by atoms with Gasteiger partial charge >= 0.3 is 11.8 Å². The highest BCUT2D eigenvalue weighted by molar-refractivity contribution is 6.39. The fourth-order valence-corrected chi connectivity index (χ4v) is 2.36. The van der Waals surface area contributed by atoms with Crippen LogP contribution in [-0.2, 0) is 9.59 Å². The minimum absolute atomic E-state index is 0.134. The van der Waals surface area contributed by atoms with Crippen LogP contribution >= 0.6 is 0 Å². The lowest BCUT2D eigenvalue weighted by atomic mass is 10.0. The Bertz CT molecular complexity index is 699. The van der Waals surface area contributed by atoms with Crippen LogP contribution in [0, 0.1) is 12.7 Å². The van der Waals surface area contributed by atoms with Crippen LogP contribution in [0.5, 0.6) is 0 Å². The second kappa shape index (κ2) is 8.21. The number of carbonyl (C=O) groups excluding carboxylic acids is 2. The zero-order valence-electron chi connectivity index (χ0n) is 13.3. The first-order chi connectivity index (χ1) is 11.5. The monoisotopic (exact) mass is 330 g/mol. The number of amides is 2. The quantitative estimate of drug-likeness (QED) is 0.736. The normalized spacial score (nSPS) is 11.6. The van der Waals surface area contributed by atoms with Gasteiger partial charge in [-0.3, -0.25) is 9.59 Å². The molecule has 0 fully saturated rings. The maximum absolute atomic E-state index is 13.3. The van der Waals surface area contributed by atoms with E-state index in [0.29, 0.717) is 5.56 Å². The van der Waals surface area contributed by atoms with Crippen molar-refractivity contribution in [1.29, 1.82) is 0 Å². The molecule has 0 aliphatic rings. The lowest BCUT2D eigenvalue weighted by Crippen LogP contribution is -2.38. The molecular formula is C18H19FN2O3. The Hall–Kier alpha value is -2.73. The summed E-state index contributed by atoms with van der Waals surface area (Å²) in [6.45, 7) is 1.55. The summed E-state index contributed by atoms with van der Waals surface area (Å²) in [6, 6.07) is 12.6. The van der Waals surface area contributed by atoms with E-state index in [-0.39, 0.29) is 18.7 Å². The molecule has 126 valence electrons. The number of rotatable bonds is 5. The molecule has 2 amide bonds. The number of nitrogens with one attached hydrogen (secondary N) is 2. The van der Waals surface area contributed by atoms with Gasteiger partial charge in [0.15, 0.2) is 0 Å². The summed E-state index contributed by atoms with van der Waals surface area (Å²) >= 11 is 0. The highest BCUT2D eigenvalue weighted by Crippen LogP contribution is 2.16. The van der Waals surface area contributed by atoms with Gasteiger partial charge in [-0.15, -0.1) is 0 Å². The average Bonchev–Trinajstić information content (AvgIpc) is 2.54. The SMILES string of the molecule is Cc1cc(F)cc(NC(=O)C(=O)NC(CCO)c2ccccc2)c1. The first kappa shape index (κ1) is 17.6. The Balaban J connectivity index is 2.05. The van der Waals surface area contributed by atoms with E-state index in [1.165, 1.54) is 6.07 Å². The van der Waals surface area contributed by atoms with Crippen molar-refractivity contribution in [3.8, 4) is 0 Å². The van der Waals surface area contributed by atoms with E-state index in [0.717, 1.165) is 11.6 Å². The van der Waals surface area contributed by atoms with Gasteiger partial charge in [0.25, 0.3) is 0 Å². The van der Waals surface area contributed by atoms with E-state index in [9.17, 15) is 14.0 Å². The van der Waals surface area contributed by atoms with Crippen LogP contribution in [0.15, 0.2) is 48.5 Å². The van der Waals surface area contributed by atoms with Crippen molar-refractivity contribution in [3.63, 3.8) is 0 Å². The van der Waals surface area contributed by atoms with E-state index in [1.807, 2.05) is 18.2 Å². The summed E-state index contributed by atoms with van der Waals surface area (Å²) in [7, 11) is 0. The molecule has 1 atom stereocenters. The number of aryl methyl sites for hydroxylation is 1. The molecule has 2 aromatic carbocycles. The van der Waals surface area contributed by atoms with Crippen LogP contribution in [0.2, 0.25) is 0 Å². The number of anilines is 1. The van der Waals surface area contributed by atoms with Gasteiger partial charge in [0, 0.05) is 12.3 Å². The third kappa shape index (κ3) is 4.89. The first-order valence-corrected chi connectivity index (χ1v) is 7.54. The number of benzene rings is 2. The van der Waals surface area contributed by atoms with Crippen molar-refractivity contribution < 1.29 is 19.1 Å². The summed E-state index contributed by atoms with van der Waals surface area (Å²) in [4.78, 5) is 24.1. The molecule has 0 saturated heterocycles. The molecule has 1 unspecified atom stereocenters. The van der Waals surface area contributed by atoms with Crippen molar-refractivity contribution in [2.75, 3.05) is 11.9 Å². The Labute approximate surface area is 139 Å². The molecule has 0 aromatic heterocycles. The smallest absolute Gasteiger partial charge is 0.313 e. The number of carbonyl (C=O) groups is 2. The van der Waals surface area contributed by atoms with Crippen molar-refractivity contribution >= 4 is 17.5 Å². The van der Waals surface area contributed by atoms with Crippen LogP contribution in [0.1, 0.15) is 23.6 Å². The fourth-order valence-electron chi connectivity index (χ4n) is 2.36. The minimum Gasteiger partial charge on any atom is -0.396 e. The third-order valence-corrected chi connectivity index (χ3v) is 3.43. The fraction of sp³-hybridized carbons (Fsp3) is 0.222. The number of aliphatic hydroxyl groups excluding tert-OH is 1. The Kier molecular flexibility index (Phi) is 6.03. The molecule has 0 heterocycles. The Morgan fingerprint density at radius 3 is 2.46 bits per heavy atom. The minimum atomic E-state index is -0.890. The summed E-state index contributed by atoms with van der Waals surface area (Å²) in [5.41, 5.74) is 1.63. The summed E-state index contributed by atoms with van der Waals surface area (Å²) in [6.07, 6.45) is 0.280. The van der Waals surface area contributed by atoms with E-state index in [2.05, 4.69) is 10.6 Å². The molecule has 2 aromatic rings. The first-order valence-electron chi connectivity index (χ1n) is 7.54. The number of halogens is 1. The molecule has 6 heteroatoms. The molecule has 2 rings (SSSR count). The maximum Gasteiger partial charge on any atom is 0.313 e. The molecular weight excluding hydrogens is 311 g/mol. The lowest BCUT2D eigenvalue weighted by Gasteiger charge is -2.18. The van der Waals surface area contributed by atoms with Crippen LogP contribution < -0.4 is 10.6 Å². The van der Waals surface area contributed by atoms with Gasteiger partial charge in [-0.2, -0.15) is 0 Å². The highest BCUT2D eigenvalue weighted by Gasteiger charge is 2.20. The lowest BCUT2D eigenvalue weighted by molar-refractivity contribution is -0.136. The zero-order chi connectivity index (χ0) is 17.5. The molecule has 3 N–H and O–H groups in total. The topological polar surface area (TPSA) is 78.4 Å². The average molecular weight is 330 g/mol. The molecule has 0 saturated carbocycles. The second-order valence-corrected chi connectivity index (χ2v) is 5.42. The predicted octanol–water partition coefficient (Wildman–Crippen LogP) is 2.31. The van der Waals surface area contributed by atoms with E-state index < -0.39 is 23.7 Å². The summed E-state index contributed by atoms with van der Waals surface area (Å²) in [5.74, 6) is -2.23. The van der Waals surface area contributed by atoms with Gasteiger partial charge in [0.05, 0.1) is 6.04 Å². The van der Waals surface area contributed by atoms with Gasteiger partial charge in [0.2, 0.25) is 0 Å². The molecule has 0 radical (unpaired) electrons. The summed E-state index contributed by atoms with van der Waals surface area (Å²) in [5, 5.41) is 14.1. The standard InChI is InChI=1S/C18H19FN2O3/c1-12-9-14(19)11-15(10-12)20-17(23)18(24)21-16(7-8-22)13-5-3-2-4-6-13/h2-6,9-11,16,22H,7-8H2,1H3,(H,20,23)(H,21,24). The molecule has 0 spiro atoms. The highest BCUT2D eigenvalue weighted by atomic mass is 19.1. The molecule has 24 heavy (non-hydrogen) atoms. The Morgan fingerprint density at radius 2 is 1.83 bits per heavy atom. The zero-order valence-corrected chi connectivity index (χ0v) is 13.3. The van der Waals surface area contributed by atoms with Crippen molar-refractivity contribution in [1.82, 2.24) is 5.32 Å². The maximum atomic E-state index is 13.3. The van der Waals surface area contributed by atoms with Crippen molar-refractivity contribution in [2.45, 2.75) is 19.4 Å². The van der Waals surface area contributed by atoms with E-state index >= 15 is 0 Å². The van der Waals surface area contributed by atoms with Gasteiger partial charge in [-0.1, -0.05) is 30.3 Å². The Morgan fingerprint density at radius 1 is 1.12 bits per heavy atom. The van der Waals surface area contributed by atoms with Crippen LogP contribution in [0.3, 0.4) is 0 Å². The predicted molar refractivity (Wildman–Crippen MR) is 88.8 cm³/mol. The van der Waals surface area contributed by atoms with Gasteiger partial charge in [0.1, 0.15) is 5.82 Å². The number of hydrogen-bond acceptors (Lipinski definition) is 3. The van der Waals surface area contributed by atoms with Crippen molar-refractivity contribution in [3.05, 3.63) is 65.5 Å². The summed E-state index contributed by atoms with van der Waals surface area (Å²) < 4.78 is 13.3. The largest absolute Gasteiger partial charge is 0.396 e. The number of hydrogen-bond donors (Lipinski definition) is 3. The van der Waals surface area contributed by atoms with Crippen LogP contribution in [0.25, 0.3) is 0 Å². The van der Waals surface area contributed by atoms with E-state index in [1.54, 1.807) is 25.1 Å². The van der Waals surface area contributed by atoms with Gasteiger partial charge in [-0.25, -0.2) is 4.39 Å². The molecule has 0 aliphatic carbocycles. The van der Waals surface area contributed by atoms with Gasteiger partial charge < -0.3 is 15.7 Å². The third-order valence-electron chi connectivity index (χ3n) is 3.43. The van der Waals surface area contributed by atoms with Crippen molar-refractivity contribution in [2.24, 2.45) is 0 Å². The van der Waals surface area contributed by atoms with Gasteiger partial charge in [-0.05, 0) is 42.7 Å². The number of aliphatic hydroxyl groups is 1. The van der Waals surface area contributed by atoms with E-state index in [4.69, 9.17) is 5.11 Å².